The molecular formula is C65H124N16O12. The van der Waals surface area contributed by atoms with Crippen LogP contribution in [0.25, 0.3) is 0 Å². The highest BCUT2D eigenvalue weighted by atomic mass is 16.3. The van der Waals surface area contributed by atoms with E-state index in [4.69, 9.17) is 28.7 Å². The fraction of sp³-hybridized carbons (Fsp3) is 0.815. The van der Waals surface area contributed by atoms with Gasteiger partial charge in [0, 0.05) is 19.5 Å². The monoisotopic (exact) mass is 1320 g/mol. The summed E-state index contributed by atoms with van der Waals surface area (Å²) < 4.78 is 0. The summed E-state index contributed by atoms with van der Waals surface area (Å²) in [6.07, 6.45) is 10.1. The van der Waals surface area contributed by atoms with E-state index >= 15 is 0 Å². The highest BCUT2D eigenvalue weighted by molar-refractivity contribution is 5.98. The summed E-state index contributed by atoms with van der Waals surface area (Å²) in [6, 6.07) is -11.5. The van der Waals surface area contributed by atoms with Gasteiger partial charge in [0.25, 0.3) is 0 Å². The molecule has 0 spiro atoms. The Kier molecular flexibility index (Phi) is 45.4. The quantitative estimate of drug-likeness (QED) is 0.0233. The Labute approximate surface area is 554 Å². The molecule has 11 amide bonds. The number of nitrogens with zero attached hydrogens (tertiary/aromatic N) is 1. The number of amides is 11. The second-order valence-electron chi connectivity index (χ2n) is 26.5. The predicted octanol–water partition coefficient (Wildman–Crippen LogP) is 1.40. The third kappa shape index (κ3) is 38.9. The van der Waals surface area contributed by atoms with Crippen molar-refractivity contribution in [1.29, 1.82) is 0 Å². The maximum absolute atomic E-state index is 14.8. The molecule has 11 atom stereocenters. The van der Waals surface area contributed by atoms with Crippen molar-refractivity contribution in [1.82, 2.24) is 53.2 Å². The number of hydrogen-bond acceptors (Lipinski definition) is 15. The van der Waals surface area contributed by atoms with Crippen LogP contribution in [0, 0.1) is 29.6 Å². The molecule has 0 saturated carbocycles. The molecule has 93 heavy (non-hydrogen) atoms. The van der Waals surface area contributed by atoms with Crippen molar-refractivity contribution >= 4 is 70.9 Å². The highest BCUT2D eigenvalue weighted by Gasteiger charge is 2.38. The fourth-order valence-electron chi connectivity index (χ4n) is 10.3. The number of aliphatic hydroxyl groups excluding tert-OH is 1. The average molecular weight is 1320 g/mol. The number of rotatable bonds is 52. The van der Waals surface area contributed by atoms with Crippen molar-refractivity contribution in [2.24, 2.45) is 63.3 Å². The molecule has 0 aromatic heterocycles. The Bertz CT molecular complexity index is 2300. The van der Waals surface area contributed by atoms with Crippen LogP contribution in [-0.4, -0.2) is 163 Å². The number of carbonyl (C=O) groups is 11. The minimum absolute atomic E-state index is 0.0205. The number of aliphatic hydroxyl groups is 1. The van der Waals surface area contributed by atoms with Crippen molar-refractivity contribution < 1.29 is 57.8 Å². The van der Waals surface area contributed by atoms with Gasteiger partial charge < -0.3 is 86.9 Å². The van der Waals surface area contributed by atoms with E-state index in [0.717, 1.165) is 25.7 Å². The van der Waals surface area contributed by atoms with Crippen molar-refractivity contribution in [3.63, 3.8) is 0 Å². The van der Waals surface area contributed by atoms with Crippen LogP contribution in [0.1, 0.15) is 224 Å². The topological polar surface area (TPSA) is 471 Å². The number of carbonyl (C=O) groups excluding carboxylic acids is 11. The molecular weight excluding hydrogens is 1200 g/mol. The van der Waals surface area contributed by atoms with E-state index < -0.39 is 125 Å². The molecule has 0 aromatic rings. The summed E-state index contributed by atoms with van der Waals surface area (Å²) in [5.41, 5.74) is 28.2. The van der Waals surface area contributed by atoms with Gasteiger partial charge in [0.15, 0.2) is 5.96 Å². The van der Waals surface area contributed by atoms with Gasteiger partial charge >= 0.3 is 0 Å². The van der Waals surface area contributed by atoms with Crippen molar-refractivity contribution in [3.8, 4) is 0 Å². The van der Waals surface area contributed by atoms with Gasteiger partial charge in [0.1, 0.15) is 54.4 Å². The van der Waals surface area contributed by atoms with E-state index in [-0.39, 0.29) is 120 Å². The third-order valence-corrected chi connectivity index (χ3v) is 15.7. The standard InChI is InChI=1S/C65H124N16O12/c1-13-15-16-17-18-19-20-21-30-52(83)71-32-25-23-28-46(59(88)81-55(44(12)82)64(93)79-51(37-42(9)10)62(91)77-48(56(68)85)34-39(3)4)76-63(92)54(43(11)14-2)80-58(87)47(29-26-33-72-65(69)70)74-57(86)45(27-22-24-31-66)75-61(90)50(36-41(7)8)78-60(89)49(35-40(5)6)73-53(84)38-67/h39-51,54-55,82H,13-38,66-67H2,1-12H3,(H2,68,85)(H,71,83)(H,73,84)(H,74,86)(H,75,90)(H,76,92)(H,77,91)(H,78,89)(H,79,93)(H,80,87)(H,81,88)(H4,69,70,72)/t43-,44+,45+,46+,47-,48-,49-,50-,51-,54-,55-/m0/s1. The van der Waals surface area contributed by atoms with E-state index in [1.165, 1.54) is 32.6 Å². The molecule has 0 aromatic carbocycles. The van der Waals surface area contributed by atoms with Gasteiger partial charge in [0.05, 0.1) is 12.6 Å². The largest absolute Gasteiger partial charge is 0.391 e. The number of primary amides is 1. The molecule has 0 aliphatic carbocycles. The lowest BCUT2D eigenvalue weighted by Gasteiger charge is -2.30. The molecule has 0 unspecified atom stereocenters. The lowest BCUT2D eigenvalue weighted by molar-refractivity contribution is -0.137. The van der Waals surface area contributed by atoms with Gasteiger partial charge in [-0.2, -0.15) is 0 Å². The molecule has 0 rings (SSSR count). The van der Waals surface area contributed by atoms with Crippen molar-refractivity contribution in [2.45, 2.75) is 285 Å². The number of nitrogens with two attached hydrogens (primary N) is 5. The van der Waals surface area contributed by atoms with Crippen LogP contribution in [0.15, 0.2) is 4.99 Å². The number of guanidine groups is 1. The first-order valence-electron chi connectivity index (χ1n) is 34.2. The molecule has 0 aliphatic heterocycles. The first-order valence-corrected chi connectivity index (χ1v) is 34.2. The maximum Gasteiger partial charge on any atom is 0.245 e. The molecule has 0 fully saturated rings. The van der Waals surface area contributed by atoms with Crippen LogP contribution in [0.3, 0.4) is 0 Å². The van der Waals surface area contributed by atoms with E-state index in [0.29, 0.717) is 32.1 Å². The number of unbranched alkanes of at least 4 members (excludes halogenated alkanes) is 9. The molecule has 28 nitrogen and oxygen atoms in total. The van der Waals surface area contributed by atoms with Gasteiger partial charge in [-0.1, -0.05) is 128 Å². The van der Waals surface area contributed by atoms with Gasteiger partial charge in [-0.25, -0.2) is 0 Å². The molecule has 28 heteroatoms. The Morgan fingerprint density at radius 3 is 1.22 bits per heavy atom. The highest BCUT2D eigenvalue weighted by Crippen LogP contribution is 2.16. The minimum atomic E-state index is -1.67. The zero-order chi connectivity index (χ0) is 70.8. The summed E-state index contributed by atoms with van der Waals surface area (Å²) >= 11 is 0. The van der Waals surface area contributed by atoms with Crippen LogP contribution in [0.5, 0.6) is 0 Å². The molecule has 536 valence electrons. The Morgan fingerprint density at radius 2 is 0.774 bits per heavy atom. The summed E-state index contributed by atoms with van der Waals surface area (Å²) in [7, 11) is 0. The Hall–Kier alpha value is -6.68. The lowest BCUT2D eigenvalue weighted by atomic mass is 9.96. The smallest absolute Gasteiger partial charge is 0.245 e. The summed E-state index contributed by atoms with van der Waals surface area (Å²) in [5, 5.41) is 38.3. The maximum atomic E-state index is 14.8. The summed E-state index contributed by atoms with van der Waals surface area (Å²) in [6.45, 7) is 21.9. The molecule has 21 N–H and O–H groups in total. The Morgan fingerprint density at radius 1 is 0.398 bits per heavy atom. The van der Waals surface area contributed by atoms with E-state index in [1.54, 1.807) is 13.8 Å². The first-order chi connectivity index (χ1) is 43.8. The zero-order valence-electron chi connectivity index (χ0n) is 58.3. The second-order valence-corrected chi connectivity index (χ2v) is 26.5. The minimum Gasteiger partial charge on any atom is -0.391 e. The van der Waals surface area contributed by atoms with E-state index in [1.807, 2.05) is 55.4 Å². The van der Waals surface area contributed by atoms with Crippen LogP contribution in [0.2, 0.25) is 0 Å². The van der Waals surface area contributed by atoms with Gasteiger partial charge in [0.2, 0.25) is 65.0 Å². The number of aliphatic imine (C=N–C) groups is 1. The summed E-state index contributed by atoms with van der Waals surface area (Å²) in [4.78, 5) is 156. The lowest BCUT2D eigenvalue weighted by Crippen LogP contribution is -2.62. The van der Waals surface area contributed by atoms with Crippen molar-refractivity contribution in [2.75, 3.05) is 26.2 Å². The predicted molar refractivity (Wildman–Crippen MR) is 361 cm³/mol. The van der Waals surface area contributed by atoms with Crippen LogP contribution < -0.4 is 81.8 Å². The summed E-state index contributed by atoms with van der Waals surface area (Å²) in [5.74, 6) is -8.86. The van der Waals surface area contributed by atoms with Gasteiger partial charge in [-0.05, 0) is 127 Å². The number of nitrogens with one attached hydrogen (secondary N) is 10. The van der Waals surface area contributed by atoms with E-state index in [9.17, 15) is 57.8 Å². The third-order valence-electron chi connectivity index (χ3n) is 15.7. The zero-order valence-corrected chi connectivity index (χ0v) is 58.3. The second kappa shape index (κ2) is 49.0. The first kappa shape index (κ1) is 86.3. The molecule has 0 bridgehead atoms. The SMILES string of the molecule is CCCCCCCCCCC(=O)NCCCC[C@@H](NC(=O)[C@@H](NC(=O)[C@H](CCCN=C(N)N)NC(=O)[C@@H](CCCCN)NC(=O)[C@H](CC(C)C)NC(=O)[C@H](CC(C)C)NC(=O)CN)[C@@H](C)CC)C(=O)N[C@H](C(=O)N[C@@H](CC(C)C)C(=O)N[C@@H](CC(C)C)C(N)=O)[C@@H](C)O. The fourth-order valence-corrected chi connectivity index (χ4v) is 10.3. The van der Waals surface area contributed by atoms with Crippen LogP contribution in [-0.2, 0) is 52.7 Å². The number of hydrogen-bond donors (Lipinski definition) is 16. The average Bonchev–Trinajstić information content (AvgIpc) is 0.992. The molecule has 0 heterocycles. The molecule has 0 saturated heterocycles. The molecule has 0 radical (unpaired) electrons. The van der Waals surface area contributed by atoms with Crippen molar-refractivity contribution in [3.05, 3.63) is 0 Å². The van der Waals surface area contributed by atoms with Gasteiger partial charge in [-0.15, -0.1) is 0 Å². The van der Waals surface area contributed by atoms with E-state index in [2.05, 4.69) is 65.1 Å². The van der Waals surface area contributed by atoms with Crippen LogP contribution >= 0.6 is 0 Å². The Balaban J connectivity index is 7.25. The van der Waals surface area contributed by atoms with Gasteiger partial charge in [-0.3, -0.25) is 57.7 Å². The van der Waals surface area contributed by atoms with Crippen LogP contribution in [0.4, 0.5) is 0 Å². The normalized spacial score (nSPS) is 15.0. The molecule has 0 aliphatic rings.